The molecule has 8 nitrogen and oxygen atoms in total. The maximum Gasteiger partial charge on any atom is 0.309 e. The first-order valence-electron chi connectivity index (χ1n) is 16.0. The molecule has 5 aliphatic rings. The van der Waals surface area contributed by atoms with Gasteiger partial charge in [-0.15, -0.1) is 0 Å². The van der Waals surface area contributed by atoms with Gasteiger partial charge in [-0.05, 0) is 100 Å². The monoisotopic (exact) mass is 584 g/mol. The summed E-state index contributed by atoms with van der Waals surface area (Å²) < 4.78 is 26.4. The lowest BCUT2D eigenvalue weighted by molar-refractivity contribution is -0.150. The van der Waals surface area contributed by atoms with Gasteiger partial charge >= 0.3 is 5.97 Å². The predicted octanol–water partition coefficient (Wildman–Crippen LogP) is 5.33. The minimum atomic E-state index is -0.829. The van der Waals surface area contributed by atoms with Gasteiger partial charge in [-0.1, -0.05) is 19.3 Å². The maximum absolute atomic E-state index is 15.0. The number of fused-ring (bicyclic) bond motifs is 2. The van der Waals surface area contributed by atoms with Gasteiger partial charge in [0.2, 0.25) is 5.91 Å². The van der Waals surface area contributed by atoms with Crippen LogP contribution in [0, 0.1) is 46.7 Å². The Morgan fingerprint density at radius 3 is 2.31 bits per heavy atom. The van der Waals surface area contributed by atoms with Gasteiger partial charge < -0.3 is 25.2 Å². The molecule has 5 atom stereocenters. The van der Waals surface area contributed by atoms with Crippen molar-refractivity contribution < 1.29 is 33.4 Å². The van der Waals surface area contributed by atoms with Crippen molar-refractivity contribution in [2.75, 3.05) is 13.7 Å². The Kier molecular flexibility index (Phi) is 8.13. The van der Waals surface area contributed by atoms with E-state index in [0.29, 0.717) is 31.6 Å². The Labute approximate surface area is 247 Å². The number of hydrogen-bond donors (Lipinski definition) is 3. The zero-order chi connectivity index (χ0) is 29.6. The van der Waals surface area contributed by atoms with Gasteiger partial charge in [-0.2, -0.15) is 0 Å². The topological polar surface area (TPSA) is 114 Å². The van der Waals surface area contributed by atoms with Crippen molar-refractivity contribution in [2.45, 2.75) is 96.1 Å². The molecule has 42 heavy (non-hydrogen) atoms. The SMILES string of the molecule is COc1cc(F)c(OC2CCC(C)(C(=O)O)CC2)cc1C(=O)N[C@@H]1[C@H]2CC[C@H](C2)[C@@H]1C(=O)NC[C@H](C1CCC1)C1CC1. The number of carbonyl (C=O) groups is 3. The van der Waals surface area contributed by atoms with Gasteiger partial charge in [0.15, 0.2) is 11.6 Å². The fraction of sp³-hybridized carbons (Fsp3) is 0.727. The van der Waals surface area contributed by atoms with Crippen LogP contribution >= 0.6 is 0 Å². The van der Waals surface area contributed by atoms with Crippen LogP contribution in [-0.4, -0.2) is 48.7 Å². The van der Waals surface area contributed by atoms with Crippen LogP contribution in [0.25, 0.3) is 0 Å². The number of carbonyl (C=O) groups excluding carboxylic acids is 2. The summed E-state index contributed by atoms with van der Waals surface area (Å²) in [6, 6.07) is 2.28. The first-order valence-corrected chi connectivity index (χ1v) is 16.0. The Bertz CT molecular complexity index is 1210. The molecule has 2 amide bonds. The van der Waals surface area contributed by atoms with Crippen LogP contribution in [0.1, 0.15) is 94.3 Å². The van der Waals surface area contributed by atoms with E-state index in [-0.39, 0.29) is 52.9 Å². The largest absolute Gasteiger partial charge is 0.496 e. The highest BCUT2D eigenvalue weighted by molar-refractivity contribution is 5.98. The smallest absolute Gasteiger partial charge is 0.309 e. The van der Waals surface area contributed by atoms with Gasteiger partial charge in [0.25, 0.3) is 5.91 Å². The number of carboxylic acids is 1. The van der Waals surface area contributed by atoms with Crippen molar-refractivity contribution in [2.24, 2.45) is 40.9 Å². The van der Waals surface area contributed by atoms with Crippen molar-refractivity contribution in [3.8, 4) is 11.5 Å². The lowest BCUT2D eigenvalue weighted by Crippen LogP contribution is -2.51. The average Bonchev–Trinajstić information content (AvgIpc) is 3.59. The van der Waals surface area contributed by atoms with Gasteiger partial charge in [0.1, 0.15) is 5.75 Å². The average molecular weight is 585 g/mol. The van der Waals surface area contributed by atoms with Gasteiger partial charge in [-0.3, -0.25) is 14.4 Å². The molecular formula is C33H45FN2O6. The summed E-state index contributed by atoms with van der Waals surface area (Å²) in [4.78, 5) is 38.8. The second kappa shape index (κ2) is 11.7. The van der Waals surface area contributed by atoms with Gasteiger partial charge in [-0.25, -0.2) is 4.39 Å². The molecule has 1 aromatic rings. The van der Waals surface area contributed by atoms with Crippen molar-refractivity contribution >= 4 is 17.8 Å². The molecule has 0 aromatic heterocycles. The molecule has 230 valence electrons. The van der Waals surface area contributed by atoms with E-state index in [1.165, 1.54) is 45.3 Å². The molecule has 5 aliphatic carbocycles. The minimum Gasteiger partial charge on any atom is -0.496 e. The quantitative estimate of drug-likeness (QED) is 0.324. The molecule has 0 saturated heterocycles. The molecule has 0 spiro atoms. The number of aliphatic carboxylic acids is 1. The van der Waals surface area contributed by atoms with Crippen LogP contribution in [0.4, 0.5) is 4.39 Å². The fourth-order valence-electron chi connectivity index (χ4n) is 8.26. The van der Waals surface area contributed by atoms with Crippen molar-refractivity contribution in [1.29, 1.82) is 0 Å². The van der Waals surface area contributed by atoms with Crippen LogP contribution in [0.2, 0.25) is 0 Å². The van der Waals surface area contributed by atoms with Crippen molar-refractivity contribution in [3.05, 3.63) is 23.5 Å². The summed E-state index contributed by atoms with van der Waals surface area (Å²) in [5.41, 5.74) is -0.635. The molecule has 9 heteroatoms. The normalized spacial score (nSPS) is 33.0. The molecule has 1 aromatic carbocycles. The predicted molar refractivity (Wildman–Crippen MR) is 154 cm³/mol. The highest BCUT2D eigenvalue weighted by Gasteiger charge is 2.52. The number of carboxylic acid groups (broad SMARTS) is 1. The van der Waals surface area contributed by atoms with E-state index in [0.717, 1.165) is 43.7 Å². The third-order valence-corrected chi connectivity index (χ3v) is 11.4. The number of amides is 2. The molecule has 3 N–H and O–H groups in total. The molecule has 6 rings (SSSR count). The van der Waals surface area contributed by atoms with E-state index in [1.54, 1.807) is 6.92 Å². The minimum absolute atomic E-state index is 0.0470. The third-order valence-electron chi connectivity index (χ3n) is 11.4. The molecule has 5 saturated carbocycles. The summed E-state index contributed by atoms with van der Waals surface area (Å²) in [6.45, 7) is 2.47. The molecule has 0 aliphatic heterocycles. The number of nitrogens with one attached hydrogen (secondary N) is 2. The Balaban J connectivity index is 1.13. The van der Waals surface area contributed by atoms with E-state index in [1.807, 2.05) is 0 Å². The van der Waals surface area contributed by atoms with Crippen molar-refractivity contribution in [1.82, 2.24) is 10.6 Å². The fourth-order valence-corrected chi connectivity index (χ4v) is 8.26. The lowest BCUT2D eigenvalue weighted by atomic mass is 9.73. The van der Waals surface area contributed by atoms with Crippen LogP contribution in [0.3, 0.4) is 0 Å². The van der Waals surface area contributed by atoms with Crippen molar-refractivity contribution in [3.63, 3.8) is 0 Å². The molecule has 0 heterocycles. The summed E-state index contributed by atoms with van der Waals surface area (Å²) >= 11 is 0. The second-order valence-electron chi connectivity index (χ2n) is 14.0. The molecule has 2 bridgehead atoms. The van der Waals surface area contributed by atoms with E-state index in [4.69, 9.17) is 9.47 Å². The van der Waals surface area contributed by atoms with Crippen LogP contribution in [0.15, 0.2) is 12.1 Å². The Morgan fingerprint density at radius 2 is 1.69 bits per heavy atom. The number of halogens is 1. The van der Waals surface area contributed by atoms with Crippen LogP contribution < -0.4 is 20.1 Å². The van der Waals surface area contributed by atoms with E-state index >= 15 is 4.39 Å². The van der Waals surface area contributed by atoms with Gasteiger partial charge in [0.05, 0.1) is 30.1 Å². The number of rotatable bonds is 11. The standard InChI is InChI=1S/C33H45FN2O6/c1-33(32(39)40)12-10-22(11-13-33)42-27-15-23(26(41-2)16-25(27)34)30(37)36-29-21-9-8-20(14-21)28(29)31(38)35-17-24(19-6-7-19)18-4-3-5-18/h15-16,18-22,24,28-29H,3-14,17H2,1-2H3,(H,35,38)(H,36,37)(H,39,40)/t20-,21+,22?,24-,28+,29-,33?/m1/s1. The second-order valence-corrected chi connectivity index (χ2v) is 14.0. The zero-order valence-corrected chi connectivity index (χ0v) is 24.8. The molecular weight excluding hydrogens is 539 g/mol. The van der Waals surface area contributed by atoms with Crippen LogP contribution in [0.5, 0.6) is 11.5 Å². The van der Waals surface area contributed by atoms with E-state index < -0.39 is 23.1 Å². The number of benzene rings is 1. The summed E-state index contributed by atoms with van der Waals surface area (Å²) in [5, 5.41) is 16.0. The lowest BCUT2D eigenvalue weighted by Gasteiger charge is -2.35. The molecule has 0 unspecified atom stereocenters. The number of methoxy groups -OCH3 is 1. The Hall–Kier alpha value is -2.84. The highest BCUT2D eigenvalue weighted by Crippen LogP contribution is 2.50. The third kappa shape index (κ3) is 5.72. The van der Waals surface area contributed by atoms with Crippen LogP contribution in [-0.2, 0) is 9.59 Å². The number of hydrogen-bond acceptors (Lipinski definition) is 5. The Morgan fingerprint density at radius 1 is 1.00 bits per heavy atom. The summed E-state index contributed by atoms with van der Waals surface area (Å²) in [6.07, 6.45) is 10.8. The summed E-state index contributed by atoms with van der Waals surface area (Å²) in [5.74, 6) is 0.569. The highest BCUT2D eigenvalue weighted by atomic mass is 19.1. The van der Waals surface area contributed by atoms with E-state index in [9.17, 15) is 19.5 Å². The first-order chi connectivity index (χ1) is 20.2. The number of ether oxygens (including phenoxy) is 2. The molecule has 5 fully saturated rings. The maximum atomic E-state index is 15.0. The molecule has 0 radical (unpaired) electrons. The van der Waals surface area contributed by atoms with Gasteiger partial charge in [0, 0.05) is 18.7 Å². The van der Waals surface area contributed by atoms with E-state index in [2.05, 4.69) is 10.6 Å². The zero-order valence-electron chi connectivity index (χ0n) is 24.8. The summed E-state index contributed by atoms with van der Waals surface area (Å²) in [7, 11) is 1.39. The first kappa shape index (κ1) is 29.2.